The van der Waals surface area contributed by atoms with Crippen LogP contribution in [0.4, 0.5) is 0 Å². The number of hydrogen-bond acceptors (Lipinski definition) is 6. The summed E-state index contributed by atoms with van der Waals surface area (Å²) < 4.78 is 16.9. The lowest BCUT2D eigenvalue weighted by Gasteiger charge is -2.18. The molecule has 0 saturated heterocycles. The molecule has 0 rings (SSSR count). The minimum Gasteiger partial charge on any atom is -0.462 e. The normalized spacial score (nSPS) is 12.0. The first-order chi connectivity index (χ1) is 35.0. The summed E-state index contributed by atoms with van der Waals surface area (Å²) in [5.41, 5.74) is 0. The third-order valence-electron chi connectivity index (χ3n) is 14.8. The van der Waals surface area contributed by atoms with Crippen molar-refractivity contribution in [1.29, 1.82) is 0 Å². The molecular weight excluding hydrogens is 877 g/mol. The van der Waals surface area contributed by atoms with Crippen LogP contribution in [0.15, 0.2) is 12.2 Å². The van der Waals surface area contributed by atoms with Crippen LogP contribution in [0.1, 0.15) is 367 Å². The van der Waals surface area contributed by atoms with Gasteiger partial charge in [0.1, 0.15) is 13.2 Å². The van der Waals surface area contributed by atoms with E-state index in [1.807, 2.05) is 0 Å². The van der Waals surface area contributed by atoms with Crippen molar-refractivity contribution in [2.75, 3.05) is 13.2 Å². The Labute approximate surface area is 443 Å². The average molecular weight is 1000 g/mol. The standard InChI is InChI=1S/C65H124O6/c1-4-7-10-13-16-19-22-24-26-27-28-29-30-31-32-33-34-35-36-37-39-40-43-46-49-52-55-58-64(67)70-61-62(60-69-63(66)57-54-51-48-45-42-21-18-15-12-9-6-3)71-65(68)59-56-53-50-47-44-41-38-25-23-20-17-14-11-8-5-2/h15,18,62H,4-14,16-17,19-61H2,1-3H3/b18-15-. The number of rotatable bonds is 60. The third kappa shape index (κ3) is 58.9. The Balaban J connectivity index is 4.12. The van der Waals surface area contributed by atoms with E-state index in [9.17, 15) is 14.4 Å². The molecule has 0 N–H and O–H groups in total. The molecule has 0 amide bonds. The molecule has 0 aromatic rings. The maximum atomic E-state index is 12.9. The van der Waals surface area contributed by atoms with E-state index < -0.39 is 6.10 Å². The van der Waals surface area contributed by atoms with Crippen LogP contribution < -0.4 is 0 Å². The predicted octanol–water partition coefficient (Wildman–Crippen LogP) is 21.7. The van der Waals surface area contributed by atoms with Crippen molar-refractivity contribution in [3.05, 3.63) is 12.2 Å². The molecule has 0 saturated carbocycles. The van der Waals surface area contributed by atoms with E-state index in [4.69, 9.17) is 14.2 Å². The number of ether oxygens (including phenoxy) is 3. The second-order valence-electron chi connectivity index (χ2n) is 22.0. The quantitative estimate of drug-likeness (QED) is 0.0261. The van der Waals surface area contributed by atoms with Crippen LogP contribution in [-0.4, -0.2) is 37.2 Å². The molecule has 1 unspecified atom stereocenters. The van der Waals surface area contributed by atoms with E-state index in [1.165, 1.54) is 263 Å². The number of allylic oxidation sites excluding steroid dienone is 2. The Morgan fingerprint density at radius 1 is 0.268 bits per heavy atom. The maximum Gasteiger partial charge on any atom is 0.306 e. The first-order valence-corrected chi connectivity index (χ1v) is 32.2. The SMILES string of the molecule is CCCC/C=C\CCCCCCCC(=O)OCC(COC(=O)CCCCCCCCCCCCCCCCCCCCCCCCCCCCC)OC(=O)CCCCCCCCCCCCCCCCC. The maximum absolute atomic E-state index is 12.9. The zero-order chi connectivity index (χ0) is 51.4. The molecule has 0 bridgehead atoms. The predicted molar refractivity (Wildman–Crippen MR) is 307 cm³/mol. The molecular formula is C65H124O6. The highest BCUT2D eigenvalue weighted by atomic mass is 16.6. The monoisotopic (exact) mass is 1000 g/mol. The van der Waals surface area contributed by atoms with Crippen LogP contribution in [0.5, 0.6) is 0 Å². The van der Waals surface area contributed by atoms with Crippen molar-refractivity contribution < 1.29 is 28.6 Å². The summed E-state index contributed by atoms with van der Waals surface area (Å²) in [5.74, 6) is -0.849. The summed E-state index contributed by atoms with van der Waals surface area (Å²) in [6.07, 6.45) is 70.9. The van der Waals surface area contributed by atoms with Gasteiger partial charge in [0.25, 0.3) is 0 Å². The van der Waals surface area contributed by atoms with Crippen LogP contribution in [-0.2, 0) is 28.6 Å². The first kappa shape index (κ1) is 69.2. The van der Waals surface area contributed by atoms with E-state index in [-0.39, 0.29) is 31.1 Å². The molecule has 0 aliphatic rings. The zero-order valence-electron chi connectivity index (χ0n) is 48.3. The van der Waals surface area contributed by atoms with Crippen molar-refractivity contribution in [3.8, 4) is 0 Å². The molecule has 71 heavy (non-hydrogen) atoms. The molecule has 0 heterocycles. The van der Waals surface area contributed by atoms with Gasteiger partial charge in [0.15, 0.2) is 6.10 Å². The van der Waals surface area contributed by atoms with Gasteiger partial charge in [-0.3, -0.25) is 14.4 Å². The van der Waals surface area contributed by atoms with Crippen molar-refractivity contribution in [1.82, 2.24) is 0 Å². The minimum absolute atomic E-state index is 0.0664. The van der Waals surface area contributed by atoms with Crippen molar-refractivity contribution >= 4 is 17.9 Å². The fraction of sp³-hybridized carbons (Fsp3) is 0.923. The Morgan fingerprint density at radius 2 is 0.479 bits per heavy atom. The highest BCUT2D eigenvalue weighted by Gasteiger charge is 2.19. The molecule has 0 radical (unpaired) electrons. The van der Waals surface area contributed by atoms with E-state index in [1.54, 1.807) is 0 Å². The molecule has 6 nitrogen and oxygen atoms in total. The Kier molecular flexibility index (Phi) is 59.1. The van der Waals surface area contributed by atoms with Gasteiger partial charge in [0, 0.05) is 19.3 Å². The molecule has 0 aliphatic heterocycles. The molecule has 0 aliphatic carbocycles. The largest absolute Gasteiger partial charge is 0.462 e. The summed E-state index contributed by atoms with van der Waals surface area (Å²) in [5, 5.41) is 0. The van der Waals surface area contributed by atoms with Crippen molar-refractivity contribution in [3.63, 3.8) is 0 Å². The molecule has 0 fully saturated rings. The lowest BCUT2D eigenvalue weighted by Crippen LogP contribution is -2.30. The van der Waals surface area contributed by atoms with Gasteiger partial charge in [0.05, 0.1) is 0 Å². The van der Waals surface area contributed by atoms with Crippen LogP contribution in [0.3, 0.4) is 0 Å². The van der Waals surface area contributed by atoms with Gasteiger partial charge in [0.2, 0.25) is 0 Å². The second-order valence-corrected chi connectivity index (χ2v) is 22.0. The van der Waals surface area contributed by atoms with Crippen LogP contribution in [0.2, 0.25) is 0 Å². The van der Waals surface area contributed by atoms with E-state index in [2.05, 4.69) is 32.9 Å². The summed E-state index contributed by atoms with van der Waals surface area (Å²) in [6, 6.07) is 0. The molecule has 6 heteroatoms. The van der Waals surface area contributed by atoms with E-state index in [0.29, 0.717) is 19.3 Å². The number of hydrogen-bond donors (Lipinski definition) is 0. The highest BCUT2D eigenvalue weighted by Crippen LogP contribution is 2.18. The summed E-state index contributed by atoms with van der Waals surface area (Å²) in [7, 11) is 0. The van der Waals surface area contributed by atoms with Gasteiger partial charge in [-0.2, -0.15) is 0 Å². The zero-order valence-corrected chi connectivity index (χ0v) is 48.3. The van der Waals surface area contributed by atoms with Gasteiger partial charge in [-0.25, -0.2) is 0 Å². The molecule has 0 aromatic heterocycles. The average Bonchev–Trinajstić information content (AvgIpc) is 3.37. The smallest absolute Gasteiger partial charge is 0.306 e. The van der Waals surface area contributed by atoms with Crippen LogP contribution >= 0.6 is 0 Å². The summed E-state index contributed by atoms with van der Waals surface area (Å²) in [6.45, 7) is 6.66. The van der Waals surface area contributed by atoms with Crippen molar-refractivity contribution in [2.24, 2.45) is 0 Å². The van der Waals surface area contributed by atoms with E-state index in [0.717, 1.165) is 64.2 Å². The number of unbranched alkanes of at least 4 members (excludes halogenated alkanes) is 47. The lowest BCUT2D eigenvalue weighted by molar-refractivity contribution is -0.167. The molecule has 0 aromatic carbocycles. The Morgan fingerprint density at radius 3 is 0.746 bits per heavy atom. The van der Waals surface area contributed by atoms with Gasteiger partial charge < -0.3 is 14.2 Å². The number of esters is 3. The van der Waals surface area contributed by atoms with E-state index >= 15 is 0 Å². The van der Waals surface area contributed by atoms with Gasteiger partial charge >= 0.3 is 17.9 Å². The first-order valence-electron chi connectivity index (χ1n) is 32.2. The van der Waals surface area contributed by atoms with Gasteiger partial charge in [-0.1, -0.05) is 322 Å². The molecule has 0 spiro atoms. The summed E-state index contributed by atoms with van der Waals surface area (Å²) >= 11 is 0. The fourth-order valence-corrected chi connectivity index (χ4v) is 9.90. The third-order valence-corrected chi connectivity index (χ3v) is 14.8. The van der Waals surface area contributed by atoms with Gasteiger partial charge in [-0.05, 0) is 38.5 Å². The Bertz CT molecular complexity index is 1100. The molecule has 420 valence electrons. The second kappa shape index (κ2) is 60.7. The van der Waals surface area contributed by atoms with Gasteiger partial charge in [-0.15, -0.1) is 0 Å². The van der Waals surface area contributed by atoms with Crippen LogP contribution in [0, 0.1) is 0 Å². The number of carbonyl (C=O) groups is 3. The van der Waals surface area contributed by atoms with Crippen LogP contribution in [0.25, 0.3) is 0 Å². The molecule has 1 atom stereocenters. The fourth-order valence-electron chi connectivity index (χ4n) is 9.90. The number of carbonyl (C=O) groups excluding carboxylic acids is 3. The Hall–Kier alpha value is -1.85. The highest BCUT2D eigenvalue weighted by molar-refractivity contribution is 5.71. The topological polar surface area (TPSA) is 78.9 Å². The minimum atomic E-state index is -0.768. The van der Waals surface area contributed by atoms with Crippen molar-refractivity contribution in [2.45, 2.75) is 374 Å². The lowest BCUT2D eigenvalue weighted by atomic mass is 10.0. The summed E-state index contributed by atoms with van der Waals surface area (Å²) in [4.78, 5) is 38.2.